The Morgan fingerprint density at radius 2 is 2.09 bits per heavy atom. The van der Waals surface area contributed by atoms with E-state index < -0.39 is 0 Å². The first-order valence-corrected chi connectivity index (χ1v) is 4.55. The van der Waals surface area contributed by atoms with Gasteiger partial charge < -0.3 is 5.11 Å². The number of nitrogens with zero attached hydrogens (tertiary/aromatic N) is 1. The summed E-state index contributed by atoms with van der Waals surface area (Å²) in [4.78, 5) is 2.06. The molecule has 0 aromatic carbocycles. The van der Waals surface area contributed by atoms with E-state index in [-0.39, 0.29) is 6.23 Å². The van der Waals surface area contributed by atoms with Crippen molar-refractivity contribution >= 4 is 0 Å². The van der Waals surface area contributed by atoms with Crippen molar-refractivity contribution in [2.24, 2.45) is 5.92 Å². The minimum absolute atomic E-state index is 0.205. The second kappa shape index (κ2) is 3.55. The Hall–Kier alpha value is -0.0800. The number of piperidine rings is 1. The lowest BCUT2D eigenvalue weighted by Crippen LogP contribution is -2.45. The van der Waals surface area contributed by atoms with Crippen LogP contribution >= 0.6 is 0 Å². The van der Waals surface area contributed by atoms with Crippen molar-refractivity contribution in [2.45, 2.75) is 45.4 Å². The molecule has 0 radical (unpaired) electrons. The highest BCUT2D eigenvalue weighted by atomic mass is 16.3. The molecule has 11 heavy (non-hydrogen) atoms. The topological polar surface area (TPSA) is 23.5 Å². The zero-order valence-electron chi connectivity index (χ0n) is 7.75. The molecule has 0 saturated carbocycles. The summed E-state index contributed by atoms with van der Waals surface area (Å²) in [5.41, 5.74) is 0. The Balaban J connectivity index is 2.47. The largest absolute Gasteiger partial charge is 0.378 e. The lowest BCUT2D eigenvalue weighted by molar-refractivity contribution is -0.0540. The molecule has 0 spiro atoms. The van der Waals surface area contributed by atoms with Gasteiger partial charge in [0.1, 0.15) is 6.23 Å². The fraction of sp³-hybridized carbons (Fsp3) is 1.00. The van der Waals surface area contributed by atoms with Crippen LogP contribution in [-0.2, 0) is 0 Å². The van der Waals surface area contributed by atoms with Gasteiger partial charge in [-0.25, -0.2) is 0 Å². The van der Waals surface area contributed by atoms with Crippen molar-refractivity contribution in [2.75, 3.05) is 7.05 Å². The van der Waals surface area contributed by atoms with E-state index in [4.69, 9.17) is 0 Å². The number of hydrogen-bond donors (Lipinski definition) is 1. The number of aliphatic hydroxyl groups excluding tert-OH is 1. The number of likely N-dealkylation sites (tertiary alicyclic amines) is 1. The van der Waals surface area contributed by atoms with Crippen LogP contribution in [0.5, 0.6) is 0 Å². The van der Waals surface area contributed by atoms with Crippen LogP contribution in [0.15, 0.2) is 0 Å². The Morgan fingerprint density at radius 3 is 2.55 bits per heavy atom. The first-order chi connectivity index (χ1) is 5.15. The fourth-order valence-corrected chi connectivity index (χ4v) is 1.84. The summed E-state index contributed by atoms with van der Waals surface area (Å²) < 4.78 is 0. The van der Waals surface area contributed by atoms with Crippen molar-refractivity contribution in [3.63, 3.8) is 0 Å². The molecule has 0 amide bonds. The monoisotopic (exact) mass is 157 g/mol. The lowest BCUT2D eigenvalue weighted by Gasteiger charge is -2.38. The quantitative estimate of drug-likeness (QED) is 0.622. The molecule has 1 N–H and O–H groups in total. The third-order valence-corrected chi connectivity index (χ3v) is 2.96. The molecule has 1 heterocycles. The molecule has 1 rings (SSSR count). The van der Waals surface area contributed by atoms with Crippen molar-refractivity contribution in [3.05, 3.63) is 0 Å². The van der Waals surface area contributed by atoms with Crippen LogP contribution in [-0.4, -0.2) is 29.3 Å². The normalized spacial score (nSPS) is 40.9. The zero-order chi connectivity index (χ0) is 8.43. The molecule has 3 atom stereocenters. The molecule has 2 heteroatoms. The van der Waals surface area contributed by atoms with Gasteiger partial charge >= 0.3 is 0 Å². The first kappa shape index (κ1) is 9.01. The van der Waals surface area contributed by atoms with Crippen molar-refractivity contribution in [3.8, 4) is 0 Å². The Kier molecular flexibility index (Phi) is 2.90. The average Bonchev–Trinajstić information content (AvgIpc) is 1.99. The van der Waals surface area contributed by atoms with Gasteiger partial charge in [-0.2, -0.15) is 0 Å². The predicted octanol–water partition coefficient (Wildman–Crippen LogP) is 1.45. The van der Waals surface area contributed by atoms with Gasteiger partial charge in [-0.1, -0.05) is 13.3 Å². The summed E-state index contributed by atoms with van der Waals surface area (Å²) in [5.74, 6) is 0.733. The molecule has 0 aromatic rings. The summed E-state index contributed by atoms with van der Waals surface area (Å²) in [7, 11) is 2.00. The highest BCUT2D eigenvalue weighted by Crippen LogP contribution is 2.26. The molecular weight excluding hydrogens is 138 g/mol. The first-order valence-electron chi connectivity index (χ1n) is 4.55. The van der Waals surface area contributed by atoms with Crippen LogP contribution in [0.25, 0.3) is 0 Å². The van der Waals surface area contributed by atoms with Crippen LogP contribution < -0.4 is 0 Å². The van der Waals surface area contributed by atoms with Crippen molar-refractivity contribution in [1.82, 2.24) is 4.90 Å². The van der Waals surface area contributed by atoms with Gasteiger partial charge in [-0.05, 0) is 32.7 Å². The molecule has 0 bridgehead atoms. The summed E-state index contributed by atoms with van der Waals surface area (Å²) in [6, 6.07) is 0.545. The van der Waals surface area contributed by atoms with Crippen LogP contribution in [0.1, 0.15) is 33.1 Å². The molecule has 1 aliphatic heterocycles. The smallest absolute Gasteiger partial charge is 0.107 e. The second-order valence-corrected chi connectivity index (χ2v) is 3.74. The lowest BCUT2D eigenvalue weighted by atomic mass is 9.89. The van der Waals surface area contributed by atoms with Gasteiger partial charge in [-0.3, -0.25) is 4.90 Å². The fourth-order valence-electron chi connectivity index (χ4n) is 1.84. The van der Waals surface area contributed by atoms with Crippen molar-refractivity contribution < 1.29 is 5.11 Å². The standard InChI is InChI=1S/C9H19NO/c1-4-8-5-7(2)10(3)9(11)6-8/h7-9,11H,4-6H2,1-3H3/t7-,8-,9-/m1/s1. The average molecular weight is 157 g/mol. The van der Waals surface area contributed by atoms with E-state index in [0.717, 1.165) is 12.3 Å². The maximum absolute atomic E-state index is 9.58. The van der Waals surface area contributed by atoms with Gasteiger partial charge in [0.2, 0.25) is 0 Å². The molecule has 0 aromatic heterocycles. The molecule has 2 nitrogen and oxygen atoms in total. The highest BCUT2D eigenvalue weighted by molar-refractivity contribution is 4.78. The Morgan fingerprint density at radius 1 is 1.45 bits per heavy atom. The summed E-state index contributed by atoms with van der Waals surface area (Å²) in [6.45, 7) is 4.39. The van der Waals surface area contributed by atoms with E-state index >= 15 is 0 Å². The molecule has 0 aliphatic carbocycles. The van der Waals surface area contributed by atoms with Crippen molar-refractivity contribution in [1.29, 1.82) is 0 Å². The third-order valence-electron chi connectivity index (χ3n) is 2.96. The van der Waals surface area contributed by atoms with E-state index in [9.17, 15) is 5.11 Å². The van der Waals surface area contributed by atoms with Crippen LogP contribution in [0, 0.1) is 5.92 Å². The maximum atomic E-state index is 9.58. The minimum Gasteiger partial charge on any atom is -0.378 e. The highest BCUT2D eigenvalue weighted by Gasteiger charge is 2.28. The SMILES string of the molecule is CC[C@@H]1C[C@@H](C)N(C)[C@H](O)C1. The molecule has 0 unspecified atom stereocenters. The van der Waals surface area contributed by atoms with E-state index in [1.807, 2.05) is 7.05 Å². The van der Waals surface area contributed by atoms with Gasteiger partial charge in [-0.15, -0.1) is 0 Å². The van der Waals surface area contributed by atoms with E-state index in [1.165, 1.54) is 12.8 Å². The predicted molar refractivity (Wildman–Crippen MR) is 46.2 cm³/mol. The second-order valence-electron chi connectivity index (χ2n) is 3.74. The molecule has 1 aliphatic rings. The summed E-state index contributed by atoms with van der Waals surface area (Å²) >= 11 is 0. The number of hydrogen-bond acceptors (Lipinski definition) is 2. The Labute approximate surface area is 69.2 Å². The summed E-state index contributed by atoms with van der Waals surface area (Å²) in [5, 5.41) is 9.58. The molecule has 66 valence electrons. The summed E-state index contributed by atoms with van der Waals surface area (Å²) in [6.07, 6.45) is 3.19. The van der Waals surface area contributed by atoms with Crippen LogP contribution in [0.3, 0.4) is 0 Å². The van der Waals surface area contributed by atoms with E-state index in [0.29, 0.717) is 6.04 Å². The number of rotatable bonds is 1. The Bertz CT molecular complexity index is 115. The van der Waals surface area contributed by atoms with E-state index in [1.54, 1.807) is 0 Å². The third kappa shape index (κ3) is 1.94. The minimum atomic E-state index is -0.205. The molecule has 1 fully saturated rings. The van der Waals surface area contributed by atoms with Crippen LogP contribution in [0.4, 0.5) is 0 Å². The van der Waals surface area contributed by atoms with Gasteiger partial charge in [0.05, 0.1) is 0 Å². The molecular formula is C9H19NO. The number of aliphatic hydroxyl groups is 1. The maximum Gasteiger partial charge on any atom is 0.107 e. The zero-order valence-corrected chi connectivity index (χ0v) is 7.75. The van der Waals surface area contributed by atoms with Gasteiger partial charge in [0.15, 0.2) is 0 Å². The van der Waals surface area contributed by atoms with Gasteiger partial charge in [0.25, 0.3) is 0 Å². The molecule has 1 saturated heterocycles. The van der Waals surface area contributed by atoms with E-state index in [2.05, 4.69) is 18.7 Å². The van der Waals surface area contributed by atoms with Crippen LogP contribution in [0.2, 0.25) is 0 Å². The van der Waals surface area contributed by atoms with Gasteiger partial charge in [0, 0.05) is 6.04 Å².